The number of hydrogen-bond donors (Lipinski definition) is 0. The van der Waals surface area contributed by atoms with Gasteiger partial charge < -0.3 is 9.47 Å². The van der Waals surface area contributed by atoms with E-state index in [1.807, 2.05) is 13.0 Å². The summed E-state index contributed by atoms with van der Waals surface area (Å²) < 4.78 is 10.9. The van der Waals surface area contributed by atoms with E-state index in [2.05, 4.69) is 6.92 Å². The van der Waals surface area contributed by atoms with Crippen molar-refractivity contribution in [3.63, 3.8) is 0 Å². The molecule has 3 heteroatoms. The molecular formula is C14H20O3. The van der Waals surface area contributed by atoms with Gasteiger partial charge in [-0.15, -0.1) is 0 Å². The van der Waals surface area contributed by atoms with Crippen LogP contribution in [-0.2, 0) is 6.42 Å². The third-order valence-electron chi connectivity index (χ3n) is 2.68. The normalized spacial score (nSPS) is 10.1. The lowest BCUT2D eigenvalue weighted by Gasteiger charge is -2.13. The molecular weight excluding hydrogens is 216 g/mol. The van der Waals surface area contributed by atoms with Gasteiger partial charge in [-0.3, -0.25) is 4.79 Å². The van der Waals surface area contributed by atoms with E-state index in [1.165, 1.54) is 0 Å². The number of aryl methyl sites for hydroxylation is 1. The summed E-state index contributed by atoms with van der Waals surface area (Å²) in [6.07, 6.45) is 3.72. The molecule has 94 valence electrons. The van der Waals surface area contributed by atoms with Crippen LogP contribution in [-0.4, -0.2) is 20.0 Å². The molecule has 1 aromatic rings. The van der Waals surface area contributed by atoms with Gasteiger partial charge >= 0.3 is 0 Å². The molecule has 0 N–H and O–H groups in total. The first-order valence-corrected chi connectivity index (χ1v) is 6.05. The van der Waals surface area contributed by atoms with Crippen LogP contribution in [0.3, 0.4) is 0 Å². The van der Waals surface area contributed by atoms with Gasteiger partial charge in [-0.2, -0.15) is 0 Å². The number of ether oxygens (including phenoxy) is 2. The van der Waals surface area contributed by atoms with Gasteiger partial charge in [-0.1, -0.05) is 20.3 Å². The first-order chi connectivity index (χ1) is 8.26. The molecule has 0 saturated heterocycles. The second-order valence-electron chi connectivity index (χ2n) is 3.88. The summed E-state index contributed by atoms with van der Waals surface area (Å²) in [4.78, 5) is 11.0. The summed E-state index contributed by atoms with van der Waals surface area (Å²) in [6, 6.07) is 3.64. The number of carbonyl (C=O) groups is 1. The molecule has 1 aromatic carbocycles. The van der Waals surface area contributed by atoms with Crippen molar-refractivity contribution in [1.82, 2.24) is 0 Å². The Morgan fingerprint density at radius 3 is 2.53 bits per heavy atom. The van der Waals surface area contributed by atoms with Crippen LogP contribution in [0.2, 0.25) is 0 Å². The molecule has 0 saturated carbocycles. The van der Waals surface area contributed by atoms with E-state index in [9.17, 15) is 4.79 Å². The van der Waals surface area contributed by atoms with Gasteiger partial charge in [0.05, 0.1) is 19.3 Å². The highest BCUT2D eigenvalue weighted by Crippen LogP contribution is 2.28. The lowest BCUT2D eigenvalue weighted by atomic mass is 10.1. The van der Waals surface area contributed by atoms with E-state index in [-0.39, 0.29) is 0 Å². The van der Waals surface area contributed by atoms with Gasteiger partial charge in [0.25, 0.3) is 0 Å². The minimum absolute atomic E-state index is 0.596. The van der Waals surface area contributed by atoms with Crippen molar-refractivity contribution in [2.24, 2.45) is 0 Å². The Bertz CT molecular complexity index is 372. The predicted molar refractivity (Wildman–Crippen MR) is 68.2 cm³/mol. The number of rotatable bonds is 7. The molecule has 0 spiro atoms. The minimum Gasteiger partial charge on any atom is -0.496 e. The van der Waals surface area contributed by atoms with Crippen LogP contribution < -0.4 is 9.47 Å². The molecule has 0 heterocycles. The highest BCUT2D eigenvalue weighted by Gasteiger charge is 2.10. The van der Waals surface area contributed by atoms with Gasteiger partial charge in [0.1, 0.15) is 11.5 Å². The van der Waals surface area contributed by atoms with Gasteiger partial charge in [0, 0.05) is 6.07 Å². The third-order valence-corrected chi connectivity index (χ3v) is 2.68. The first kappa shape index (κ1) is 13.6. The Morgan fingerprint density at radius 2 is 2.00 bits per heavy atom. The monoisotopic (exact) mass is 236 g/mol. The van der Waals surface area contributed by atoms with Gasteiger partial charge in [0.15, 0.2) is 6.29 Å². The minimum atomic E-state index is 0.596. The Kier molecular flexibility index (Phi) is 5.53. The van der Waals surface area contributed by atoms with Crippen molar-refractivity contribution >= 4 is 6.29 Å². The molecule has 0 aromatic heterocycles. The number of carbonyl (C=O) groups excluding carboxylic acids is 1. The Balaban J connectivity index is 2.97. The van der Waals surface area contributed by atoms with Crippen molar-refractivity contribution < 1.29 is 14.3 Å². The molecule has 1 rings (SSSR count). The molecule has 0 fully saturated rings. The zero-order chi connectivity index (χ0) is 12.7. The Hall–Kier alpha value is -1.51. The van der Waals surface area contributed by atoms with Crippen LogP contribution in [0.25, 0.3) is 0 Å². The van der Waals surface area contributed by atoms with Crippen LogP contribution in [0.1, 0.15) is 42.6 Å². The molecule has 0 amide bonds. The molecule has 0 aliphatic heterocycles. The zero-order valence-electron chi connectivity index (χ0n) is 10.8. The molecule has 3 nitrogen and oxygen atoms in total. The van der Waals surface area contributed by atoms with Crippen molar-refractivity contribution in [2.75, 3.05) is 13.7 Å². The summed E-state index contributed by atoms with van der Waals surface area (Å²) in [6.45, 7) is 4.76. The molecule has 0 unspecified atom stereocenters. The van der Waals surface area contributed by atoms with Crippen LogP contribution in [0.4, 0.5) is 0 Å². The van der Waals surface area contributed by atoms with Gasteiger partial charge in [-0.25, -0.2) is 0 Å². The van der Waals surface area contributed by atoms with Crippen LogP contribution in [0.15, 0.2) is 12.1 Å². The molecule has 0 aliphatic rings. The standard InChI is InChI=1S/C14H20O3/c1-4-6-7-17-14-9-13(16-3)11(5-2)8-12(14)10-15/h8-10H,4-7H2,1-3H3. The van der Waals surface area contributed by atoms with Crippen molar-refractivity contribution in [3.05, 3.63) is 23.3 Å². The van der Waals surface area contributed by atoms with Gasteiger partial charge in [-0.05, 0) is 24.5 Å². The highest BCUT2D eigenvalue weighted by atomic mass is 16.5. The number of aldehydes is 1. The Morgan fingerprint density at radius 1 is 1.24 bits per heavy atom. The smallest absolute Gasteiger partial charge is 0.153 e. The van der Waals surface area contributed by atoms with E-state index in [0.29, 0.717) is 17.9 Å². The van der Waals surface area contributed by atoms with Gasteiger partial charge in [0.2, 0.25) is 0 Å². The SMILES string of the molecule is CCCCOc1cc(OC)c(CC)cc1C=O. The predicted octanol–water partition coefficient (Wildman–Crippen LogP) is 3.25. The summed E-state index contributed by atoms with van der Waals surface area (Å²) in [5.74, 6) is 1.40. The summed E-state index contributed by atoms with van der Waals surface area (Å²) in [7, 11) is 1.63. The van der Waals surface area contributed by atoms with Crippen LogP contribution >= 0.6 is 0 Å². The molecule has 0 atom stereocenters. The average Bonchev–Trinajstić information content (AvgIpc) is 2.38. The van der Waals surface area contributed by atoms with E-state index >= 15 is 0 Å². The number of hydrogen-bond acceptors (Lipinski definition) is 3. The second kappa shape index (κ2) is 6.94. The summed E-state index contributed by atoms with van der Waals surface area (Å²) >= 11 is 0. The Labute approximate surface area is 103 Å². The maximum atomic E-state index is 11.0. The van der Waals surface area contributed by atoms with E-state index < -0.39 is 0 Å². The number of benzene rings is 1. The van der Waals surface area contributed by atoms with Crippen molar-refractivity contribution in [3.8, 4) is 11.5 Å². The van der Waals surface area contributed by atoms with E-state index in [1.54, 1.807) is 13.2 Å². The summed E-state index contributed by atoms with van der Waals surface area (Å²) in [5, 5.41) is 0. The lowest BCUT2D eigenvalue weighted by molar-refractivity contribution is 0.111. The molecule has 0 aliphatic carbocycles. The molecule has 0 bridgehead atoms. The van der Waals surface area contributed by atoms with Crippen LogP contribution in [0.5, 0.6) is 11.5 Å². The van der Waals surface area contributed by atoms with E-state index in [0.717, 1.165) is 36.9 Å². The second-order valence-corrected chi connectivity index (χ2v) is 3.88. The lowest BCUT2D eigenvalue weighted by Crippen LogP contribution is -2.02. The maximum absolute atomic E-state index is 11.0. The highest BCUT2D eigenvalue weighted by molar-refractivity contribution is 5.80. The van der Waals surface area contributed by atoms with E-state index in [4.69, 9.17) is 9.47 Å². The maximum Gasteiger partial charge on any atom is 0.153 e. The third kappa shape index (κ3) is 3.48. The fourth-order valence-corrected chi connectivity index (χ4v) is 1.63. The number of methoxy groups -OCH3 is 1. The summed E-state index contributed by atoms with van der Waals surface area (Å²) in [5.41, 5.74) is 1.62. The molecule has 17 heavy (non-hydrogen) atoms. The molecule has 0 radical (unpaired) electrons. The van der Waals surface area contributed by atoms with Crippen LogP contribution in [0, 0.1) is 0 Å². The van der Waals surface area contributed by atoms with Crippen molar-refractivity contribution in [2.45, 2.75) is 33.1 Å². The quantitative estimate of drug-likeness (QED) is 0.538. The fourth-order valence-electron chi connectivity index (χ4n) is 1.63. The number of unbranched alkanes of at least 4 members (excludes halogenated alkanes) is 1. The van der Waals surface area contributed by atoms with Crippen molar-refractivity contribution in [1.29, 1.82) is 0 Å². The average molecular weight is 236 g/mol. The fraction of sp³-hybridized carbons (Fsp3) is 0.500. The topological polar surface area (TPSA) is 35.5 Å². The zero-order valence-corrected chi connectivity index (χ0v) is 10.8. The largest absolute Gasteiger partial charge is 0.496 e. The first-order valence-electron chi connectivity index (χ1n) is 6.05.